The number of nitrogens with zero attached hydrogens (tertiary/aromatic N) is 1. The van der Waals surface area contributed by atoms with Crippen molar-refractivity contribution in [3.05, 3.63) is 137 Å². The second-order valence-corrected chi connectivity index (χ2v) is 13.3. The number of hydrogen-bond donors (Lipinski definition) is 0. The Bertz CT molecular complexity index is 2270. The molecule has 0 aliphatic heterocycles. The lowest BCUT2D eigenvalue weighted by atomic mass is 9.81. The summed E-state index contributed by atoms with van der Waals surface area (Å²) in [5.74, 6) is 0.491. The minimum absolute atomic E-state index is 0.0879. The molecule has 1 aliphatic rings. The number of benzene rings is 6. The lowest BCUT2D eigenvalue weighted by Crippen LogP contribution is -2.32. The molecule has 0 bridgehead atoms. The van der Waals surface area contributed by atoms with Crippen molar-refractivity contribution in [2.45, 2.75) is 39.5 Å². The van der Waals surface area contributed by atoms with E-state index in [1.165, 1.54) is 76.1 Å². The van der Waals surface area contributed by atoms with Gasteiger partial charge in [0.05, 0.1) is 0 Å². The number of pyridine rings is 1. The third kappa shape index (κ3) is 4.18. The molecule has 0 saturated heterocycles. The standard InChI is InChI=1S/C42H35N/c1-26-11-12-27-8-5-6-10-34(27)39(26)29-15-13-28(14-16-29)37-24-38(32-9-7-21-43-25-32)36-20-18-31-23-33(42(2,3)4)22-30-17-19-35(37)41(36)40(30)31/h5-10,12-26H,11H2,1-4H3. The van der Waals surface area contributed by atoms with Crippen LogP contribution in [-0.4, -0.2) is 4.98 Å². The molecule has 1 aromatic heterocycles. The summed E-state index contributed by atoms with van der Waals surface area (Å²) in [5, 5.41) is 10.6. The second kappa shape index (κ2) is 9.64. The smallest absolute Gasteiger partial charge is 0.0346 e. The maximum absolute atomic E-state index is 4.49. The Labute approximate surface area is 253 Å². The van der Waals surface area contributed by atoms with E-state index in [2.05, 4.69) is 136 Å². The molecular formula is C42H35N. The highest BCUT2D eigenvalue weighted by atomic mass is 14.6. The van der Waals surface area contributed by atoms with E-state index in [0.717, 1.165) is 12.0 Å². The fourth-order valence-electron chi connectivity index (χ4n) is 7.22. The molecule has 1 unspecified atom stereocenters. The molecule has 1 aliphatic carbocycles. The predicted molar refractivity (Wildman–Crippen MR) is 184 cm³/mol. The molecule has 1 heteroatoms. The highest BCUT2D eigenvalue weighted by Crippen LogP contribution is 2.45. The summed E-state index contributed by atoms with van der Waals surface area (Å²) in [6.45, 7) is 9.24. The second-order valence-electron chi connectivity index (χ2n) is 13.3. The van der Waals surface area contributed by atoms with Gasteiger partial charge >= 0.3 is 0 Å². The van der Waals surface area contributed by atoms with Gasteiger partial charge in [0.1, 0.15) is 0 Å². The van der Waals surface area contributed by atoms with E-state index in [1.807, 2.05) is 18.5 Å². The molecule has 6 aromatic carbocycles. The van der Waals surface area contributed by atoms with Crippen LogP contribution in [0.2, 0.25) is 0 Å². The monoisotopic (exact) mass is 553 g/mol. The first-order chi connectivity index (χ1) is 20.9. The third-order valence-corrected chi connectivity index (χ3v) is 9.50. The van der Waals surface area contributed by atoms with Crippen molar-refractivity contribution in [1.82, 2.24) is 4.98 Å². The topological polar surface area (TPSA) is 12.9 Å². The Morgan fingerprint density at radius 3 is 2.00 bits per heavy atom. The SMILES string of the molecule is CC1CC=c2ccccc2=C1c1ccc(-c2cc(-c3cccnc3)c3ccc4cc(C(C)(C)C)cc5ccc2c3c54)cc1. The van der Waals surface area contributed by atoms with Crippen LogP contribution in [0.15, 0.2) is 116 Å². The molecule has 0 fully saturated rings. The van der Waals surface area contributed by atoms with Gasteiger partial charge in [-0.2, -0.15) is 0 Å². The van der Waals surface area contributed by atoms with E-state index in [-0.39, 0.29) is 5.41 Å². The maximum atomic E-state index is 4.49. The summed E-state index contributed by atoms with van der Waals surface area (Å²) < 4.78 is 0. The molecule has 0 spiro atoms. The van der Waals surface area contributed by atoms with Crippen LogP contribution in [0.5, 0.6) is 0 Å². The number of rotatable bonds is 3. The Hall–Kier alpha value is -4.75. The van der Waals surface area contributed by atoms with Gasteiger partial charge in [0, 0.05) is 18.0 Å². The van der Waals surface area contributed by atoms with E-state index in [0.29, 0.717) is 5.92 Å². The fourth-order valence-corrected chi connectivity index (χ4v) is 7.22. The summed E-state index contributed by atoms with van der Waals surface area (Å²) in [6, 6.07) is 38.8. The number of hydrogen-bond acceptors (Lipinski definition) is 1. The van der Waals surface area contributed by atoms with Crippen molar-refractivity contribution in [3.8, 4) is 22.3 Å². The normalized spacial score (nSPS) is 15.3. The summed E-state index contributed by atoms with van der Waals surface area (Å²) >= 11 is 0. The fraction of sp³-hybridized carbons (Fsp3) is 0.167. The van der Waals surface area contributed by atoms with Gasteiger partial charge in [0.2, 0.25) is 0 Å². The molecule has 208 valence electrons. The molecule has 1 atom stereocenters. The Morgan fingerprint density at radius 2 is 1.33 bits per heavy atom. The van der Waals surface area contributed by atoms with Gasteiger partial charge in [0.15, 0.2) is 0 Å². The van der Waals surface area contributed by atoms with Crippen LogP contribution < -0.4 is 10.4 Å². The molecule has 1 nitrogen and oxygen atoms in total. The van der Waals surface area contributed by atoms with Crippen molar-refractivity contribution in [2.24, 2.45) is 5.92 Å². The van der Waals surface area contributed by atoms with Crippen LogP contribution in [0, 0.1) is 5.92 Å². The summed E-state index contributed by atoms with van der Waals surface area (Å²) in [7, 11) is 0. The van der Waals surface area contributed by atoms with Crippen LogP contribution in [0.3, 0.4) is 0 Å². The zero-order chi connectivity index (χ0) is 29.3. The highest BCUT2D eigenvalue weighted by Gasteiger charge is 2.21. The third-order valence-electron chi connectivity index (χ3n) is 9.50. The van der Waals surface area contributed by atoms with Crippen molar-refractivity contribution in [3.63, 3.8) is 0 Å². The number of aromatic nitrogens is 1. The van der Waals surface area contributed by atoms with Crippen LogP contribution >= 0.6 is 0 Å². The molecule has 43 heavy (non-hydrogen) atoms. The van der Waals surface area contributed by atoms with E-state index in [1.54, 1.807) is 0 Å². The quantitative estimate of drug-likeness (QED) is 0.199. The number of fused-ring (bicyclic) bond motifs is 1. The summed E-state index contributed by atoms with van der Waals surface area (Å²) in [6.07, 6.45) is 7.31. The van der Waals surface area contributed by atoms with Crippen molar-refractivity contribution >= 4 is 44.0 Å². The van der Waals surface area contributed by atoms with E-state index >= 15 is 0 Å². The van der Waals surface area contributed by atoms with Gasteiger partial charge < -0.3 is 0 Å². The predicted octanol–water partition coefficient (Wildman–Crippen LogP) is 9.63. The van der Waals surface area contributed by atoms with E-state index in [4.69, 9.17) is 0 Å². The van der Waals surface area contributed by atoms with Crippen LogP contribution in [0.25, 0.3) is 66.2 Å². The van der Waals surface area contributed by atoms with Crippen molar-refractivity contribution in [2.75, 3.05) is 0 Å². The zero-order valence-corrected chi connectivity index (χ0v) is 25.3. The minimum Gasteiger partial charge on any atom is -0.264 e. The van der Waals surface area contributed by atoms with Gasteiger partial charge in [-0.3, -0.25) is 4.98 Å². The summed E-state index contributed by atoms with van der Waals surface area (Å²) in [4.78, 5) is 4.49. The van der Waals surface area contributed by atoms with Gasteiger partial charge in [-0.1, -0.05) is 125 Å². The first kappa shape index (κ1) is 25.9. The lowest BCUT2D eigenvalue weighted by molar-refractivity contribution is 0.591. The Balaban J connectivity index is 1.39. The van der Waals surface area contributed by atoms with Gasteiger partial charge in [-0.05, 0) is 106 Å². The summed E-state index contributed by atoms with van der Waals surface area (Å²) in [5.41, 5.74) is 9.11. The highest BCUT2D eigenvalue weighted by molar-refractivity contribution is 6.28. The van der Waals surface area contributed by atoms with Crippen LogP contribution in [-0.2, 0) is 5.41 Å². The Morgan fingerprint density at radius 1 is 0.651 bits per heavy atom. The molecule has 0 amide bonds. The van der Waals surface area contributed by atoms with E-state index in [9.17, 15) is 0 Å². The van der Waals surface area contributed by atoms with Gasteiger partial charge in [0.25, 0.3) is 0 Å². The van der Waals surface area contributed by atoms with Crippen LogP contribution in [0.4, 0.5) is 0 Å². The maximum Gasteiger partial charge on any atom is 0.0346 e. The first-order valence-electron chi connectivity index (χ1n) is 15.4. The van der Waals surface area contributed by atoms with Crippen LogP contribution in [0.1, 0.15) is 45.2 Å². The van der Waals surface area contributed by atoms with E-state index < -0.39 is 0 Å². The van der Waals surface area contributed by atoms with Gasteiger partial charge in [-0.25, -0.2) is 0 Å². The van der Waals surface area contributed by atoms with Crippen molar-refractivity contribution < 1.29 is 0 Å². The average molecular weight is 554 g/mol. The Kier molecular flexibility index (Phi) is 5.81. The molecule has 0 radical (unpaired) electrons. The van der Waals surface area contributed by atoms with Gasteiger partial charge in [-0.15, -0.1) is 0 Å². The molecule has 7 aromatic rings. The zero-order valence-electron chi connectivity index (χ0n) is 25.3. The van der Waals surface area contributed by atoms with Crippen molar-refractivity contribution in [1.29, 1.82) is 0 Å². The largest absolute Gasteiger partial charge is 0.264 e. The first-order valence-corrected chi connectivity index (χ1v) is 15.4. The molecule has 0 N–H and O–H groups in total. The molecular weight excluding hydrogens is 518 g/mol. The minimum atomic E-state index is 0.0879. The molecule has 1 heterocycles. The lowest BCUT2D eigenvalue weighted by Gasteiger charge is -2.23. The average Bonchev–Trinajstić information content (AvgIpc) is 3.03. The molecule has 0 saturated carbocycles. The molecule has 8 rings (SSSR count).